The van der Waals surface area contributed by atoms with E-state index in [1.807, 2.05) is 0 Å². The molecule has 3 N–H and O–H groups in total. The summed E-state index contributed by atoms with van der Waals surface area (Å²) in [5, 5.41) is 0. The van der Waals surface area contributed by atoms with E-state index in [0.29, 0.717) is 12.4 Å². The van der Waals surface area contributed by atoms with E-state index in [4.69, 9.17) is 18.0 Å². The normalized spacial score (nSPS) is 10.5. The van der Waals surface area contributed by atoms with Gasteiger partial charge in [0.1, 0.15) is 5.82 Å². The highest BCUT2D eigenvalue weighted by Gasteiger charge is 2.02. The molecule has 4 nitrogen and oxygen atoms in total. The predicted molar refractivity (Wildman–Crippen MR) is 70.4 cm³/mol. The number of hydrogen-bond acceptors (Lipinski definition) is 4. The van der Waals surface area contributed by atoms with E-state index in [-0.39, 0.29) is 4.77 Å². The zero-order valence-corrected chi connectivity index (χ0v) is 10.6. The topological polar surface area (TPSA) is 67.6 Å². The van der Waals surface area contributed by atoms with Crippen molar-refractivity contribution >= 4 is 18.2 Å². The predicted octanol–water partition coefficient (Wildman–Crippen LogP) is 2.32. The molecule has 0 atom stereocenters. The highest BCUT2D eigenvalue weighted by molar-refractivity contribution is 7.71. The summed E-state index contributed by atoms with van der Waals surface area (Å²) >= 11 is 4.93. The van der Waals surface area contributed by atoms with Crippen LogP contribution in [-0.4, -0.2) is 15.0 Å². The molecule has 0 saturated carbocycles. The van der Waals surface area contributed by atoms with Crippen LogP contribution in [0.4, 0.5) is 5.95 Å². The summed E-state index contributed by atoms with van der Waals surface area (Å²) in [6, 6.07) is 6.33. The van der Waals surface area contributed by atoms with Crippen LogP contribution in [0.5, 0.6) is 0 Å². The molecule has 0 saturated heterocycles. The van der Waals surface area contributed by atoms with Gasteiger partial charge in [-0.25, -0.2) is 4.98 Å². The van der Waals surface area contributed by atoms with Gasteiger partial charge in [-0.1, -0.05) is 18.2 Å². The third-order valence-corrected chi connectivity index (χ3v) is 2.84. The van der Waals surface area contributed by atoms with Crippen LogP contribution >= 0.6 is 12.2 Å². The van der Waals surface area contributed by atoms with Crippen molar-refractivity contribution in [2.24, 2.45) is 0 Å². The molecular weight excluding hydrogens is 232 g/mol. The van der Waals surface area contributed by atoms with Crippen molar-refractivity contribution in [2.75, 3.05) is 5.73 Å². The Labute approximate surface area is 105 Å². The van der Waals surface area contributed by atoms with E-state index in [9.17, 15) is 0 Å². The minimum atomic E-state index is 0.278. The number of anilines is 1. The van der Waals surface area contributed by atoms with Gasteiger partial charge in [0.15, 0.2) is 0 Å². The summed E-state index contributed by atoms with van der Waals surface area (Å²) in [6.07, 6.45) is 0.678. The van der Waals surface area contributed by atoms with Gasteiger partial charge in [-0.2, -0.15) is 4.98 Å². The summed E-state index contributed by atoms with van der Waals surface area (Å²) in [5.41, 5.74) is 9.32. The molecule has 2 aromatic rings. The van der Waals surface area contributed by atoms with Crippen molar-refractivity contribution in [2.45, 2.75) is 20.3 Å². The third-order valence-electron chi connectivity index (χ3n) is 2.66. The van der Waals surface area contributed by atoms with Crippen LogP contribution in [0.3, 0.4) is 0 Å². The highest BCUT2D eigenvalue weighted by atomic mass is 32.1. The van der Waals surface area contributed by atoms with E-state index in [1.165, 1.54) is 16.7 Å². The molecule has 17 heavy (non-hydrogen) atoms. The second-order valence-electron chi connectivity index (χ2n) is 4.06. The van der Waals surface area contributed by atoms with Crippen molar-refractivity contribution in [3.8, 4) is 0 Å². The van der Waals surface area contributed by atoms with Crippen LogP contribution in [0.2, 0.25) is 0 Å². The Morgan fingerprint density at radius 2 is 2.00 bits per heavy atom. The molecule has 1 aromatic heterocycles. The number of nitrogens with zero attached hydrogens (tertiary/aromatic N) is 2. The molecule has 0 amide bonds. The van der Waals surface area contributed by atoms with Gasteiger partial charge in [0, 0.05) is 6.42 Å². The Hall–Kier alpha value is -1.75. The summed E-state index contributed by atoms with van der Waals surface area (Å²) in [4.78, 5) is 10.9. The lowest BCUT2D eigenvalue weighted by molar-refractivity contribution is 0.915. The minimum absolute atomic E-state index is 0.278. The van der Waals surface area contributed by atoms with Gasteiger partial charge >= 0.3 is 0 Å². The first-order valence-corrected chi connectivity index (χ1v) is 5.74. The second kappa shape index (κ2) is 4.63. The molecular formula is C12H14N4S. The molecule has 0 aliphatic heterocycles. The Bertz CT molecular complexity index is 604. The molecule has 1 aromatic carbocycles. The van der Waals surface area contributed by atoms with Crippen LogP contribution in [0.1, 0.15) is 22.5 Å². The second-order valence-corrected chi connectivity index (χ2v) is 4.42. The average molecular weight is 246 g/mol. The summed E-state index contributed by atoms with van der Waals surface area (Å²) in [5.74, 6) is 1.05. The number of aromatic amines is 1. The van der Waals surface area contributed by atoms with Crippen molar-refractivity contribution in [1.29, 1.82) is 0 Å². The summed E-state index contributed by atoms with van der Waals surface area (Å²) < 4.78 is 0.278. The Morgan fingerprint density at radius 3 is 2.65 bits per heavy atom. The molecule has 0 unspecified atom stereocenters. The number of aromatic nitrogens is 3. The quantitative estimate of drug-likeness (QED) is 0.798. The van der Waals surface area contributed by atoms with Crippen molar-refractivity contribution in [3.63, 3.8) is 0 Å². The number of nitrogens with two attached hydrogens (primary N) is 1. The summed E-state index contributed by atoms with van der Waals surface area (Å²) in [7, 11) is 0. The van der Waals surface area contributed by atoms with Crippen LogP contribution in [0.15, 0.2) is 18.2 Å². The van der Waals surface area contributed by atoms with E-state index >= 15 is 0 Å². The smallest absolute Gasteiger partial charge is 0.224 e. The van der Waals surface area contributed by atoms with E-state index in [0.717, 1.165) is 5.82 Å². The number of hydrogen-bond donors (Lipinski definition) is 2. The maximum atomic E-state index is 5.59. The molecule has 0 bridgehead atoms. The lowest BCUT2D eigenvalue weighted by Gasteiger charge is -2.05. The molecule has 0 aliphatic carbocycles. The van der Waals surface area contributed by atoms with Crippen LogP contribution in [-0.2, 0) is 6.42 Å². The summed E-state index contributed by atoms with van der Waals surface area (Å²) in [6.45, 7) is 4.19. The van der Waals surface area contributed by atoms with Gasteiger partial charge in [0.05, 0.1) is 0 Å². The third kappa shape index (κ3) is 2.88. The minimum Gasteiger partial charge on any atom is -0.369 e. The van der Waals surface area contributed by atoms with Crippen LogP contribution in [0, 0.1) is 18.6 Å². The first-order valence-electron chi connectivity index (χ1n) is 5.33. The zero-order valence-electron chi connectivity index (χ0n) is 9.82. The Morgan fingerprint density at radius 1 is 1.24 bits per heavy atom. The lowest BCUT2D eigenvalue weighted by Crippen LogP contribution is -2.03. The van der Waals surface area contributed by atoms with Gasteiger partial charge in [-0.15, -0.1) is 0 Å². The standard InChI is InChI=1S/C12H14N4S/c1-7-3-4-9(5-8(7)2)6-10-14-11(13)16-12(17)15-10/h3-5H,6H2,1-2H3,(H3,13,14,15,16,17). The number of H-pyrrole nitrogens is 1. The molecule has 0 spiro atoms. The van der Waals surface area contributed by atoms with E-state index < -0.39 is 0 Å². The molecule has 1 heterocycles. The molecule has 88 valence electrons. The average Bonchev–Trinajstić information content (AvgIpc) is 2.22. The number of nitrogen functional groups attached to an aromatic ring is 1. The van der Waals surface area contributed by atoms with Crippen molar-refractivity contribution < 1.29 is 0 Å². The molecule has 0 radical (unpaired) electrons. The molecule has 5 heteroatoms. The van der Waals surface area contributed by atoms with E-state index in [1.54, 1.807) is 0 Å². The molecule has 0 fully saturated rings. The van der Waals surface area contributed by atoms with Gasteiger partial charge in [-0.3, -0.25) is 0 Å². The fourth-order valence-electron chi connectivity index (χ4n) is 1.64. The van der Waals surface area contributed by atoms with Gasteiger partial charge in [-0.05, 0) is 42.8 Å². The first-order chi connectivity index (χ1) is 8.04. The largest absolute Gasteiger partial charge is 0.369 e. The fourth-order valence-corrected chi connectivity index (χ4v) is 1.85. The van der Waals surface area contributed by atoms with Crippen LogP contribution in [0.25, 0.3) is 0 Å². The van der Waals surface area contributed by atoms with E-state index in [2.05, 4.69) is 47.0 Å². The highest BCUT2D eigenvalue weighted by Crippen LogP contribution is 2.12. The van der Waals surface area contributed by atoms with Gasteiger partial charge in [0.25, 0.3) is 0 Å². The lowest BCUT2D eigenvalue weighted by atomic mass is 10.0. The first kappa shape index (κ1) is 11.7. The Balaban J connectivity index is 2.31. The SMILES string of the molecule is Cc1ccc(Cc2nc(=S)nc(N)[nH]2)cc1C. The van der Waals surface area contributed by atoms with Crippen molar-refractivity contribution in [3.05, 3.63) is 45.5 Å². The zero-order chi connectivity index (χ0) is 12.4. The number of nitrogens with one attached hydrogen (secondary N) is 1. The van der Waals surface area contributed by atoms with Gasteiger partial charge < -0.3 is 10.7 Å². The van der Waals surface area contributed by atoms with Crippen LogP contribution < -0.4 is 5.73 Å². The molecule has 2 rings (SSSR count). The van der Waals surface area contributed by atoms with Gasteiger partial charge in [0.2, 0.25) is 10.7 Å². The maximum Gasteiger partial charge on any atom is 0.224 e. The maximum absolute atomic E-state index is 5.59. The fraction of sp³-hybridized carbons (Fsp3) is 0.250. The monoisotopic (exact) mass is 246 g/mol. The molecule has 0 aliphatic rings. The number of aryl methyl sites for hydroxylation is 2. The van der Waals surface area contributed by atoms with Crippen molar-refractivity contribution in [1.82, 2.24) is 15.0 Å². The Kier molecular flexibility index (Phi) is 3.19. The number of rotatable bonds is 2. The number of benzene rings is 1.